The molecular formula is C17H23F7O7S. The number of rotatable bonds is 10. The molecule has 188 valence electrons. The number of carbonyl (C=O) groups excluding carboxylic acids is 2. The molecule has 0 bridgehead atoms. The molecule has 0 amide bonds. The standard InChI is InChI=1S/C17H23F7O7S/c1-10(2)12(25)15(16(20,21)22,31-13(26)11-6-4-3-5-7-11)30-9-8-14(18,19)17(23,24)32(27,28)29/h10-11H,3-9H2,1-2H3,(H,27,28,29). The lowest BCUT2D eigenvalue weighted by Gasteiger charge is -2.36. The van der Waals surface area contributed by atoms with Crippen LogP contribution in [0.15, 0.2) is 0 Å². The van der Waals surface area contributed by atoms with Crippen molar-refractivity contribution in [2.75, 3.05) is 6.61 Å². The van der Waals surface area contributed by atoms with Crippen LogP contribution >= 0.6 is 0 Å². The lowest BCUT2D eigenvalue weighted by Crippen LogP contribution is -2.60. The summed E-state index contributed by atoms with van der Waals surface area (Å²) in [5.74, 6) is -15.8. The molecule has 1 N–H and O–H groups in total. The Kier molecular flexibility index (Phi) is 8.74. The molecule has 1 unspecified atom stereocenters. The molecule has 1 saturated carbocycles. The fourth-order valence-electron chi connectivity index (χ4n) is 3.03. The minimum Gasteiger partial charge on any atom is -0.416 e. The molecule has 7 nitrogen and oxygen atoms in total. The van der Waals surface area contributed by atoms with Crippen molar-refractivity contribution >= 4 is 21.9 Å². The van der Waals surface area contributed by atoms with Gasteiger partial charge in [0.2, 0.25) is 5.78 Å². The molecule has 0 aliphatic heterocycles. The average molecular weight is 504 g/mol. The van der Waals surface area contributed by atoms with Crippen molar-refractivity contribution in [2.24, 2.45) is 11.8 Å². The molecule has 1 aliphatic carbocycles. The fourth-order valence-corrected chi connectivity index (χ4v) is 3.51. The number of alkyl halides is 7. The monoisotopic (exact) mass is 504 g/mol. The molecule has 0 aromatic heterocycles. The second-order valence-corrected chi connectivity index (χ2v) is 9.15. The van der Waals surface area contributed by atoms with Gasteiger partial charge in [-0.25, -0.2) is 0 Å². The molecule has 0 spiro atoms. The number of carbonyl (C=O) groups is 2. The summed E-state index contributed by atoms with van der Waals surface area (Å²) < 4.78 is 133. The highest BCUT2D eigenvalue weighted by Crippen LogP contribution is 2.43. The minimum absolute atomic E-state index is 0.154. The van der Waals surface area contributed by atoms with Crippen LogP contribution in [0.5, 0.6) is 0 Å². The highest BCUT2D eigenvalue weighted by molar-refractivity contribution is 7.87. The quantitative estimate of drug-likeness (QED) is 0.207. The molecule has 0 heterocycles. The maximum Gasteiger partial charge on any atom is 0.463 e. The first kappa shape index (κ1) is 28.6. The van der Waals surface area contributed by atoms with Gasteiger partial charge in [-0.1, -0.05) is 33.1 Å². The third-order valence-corrected chi connectivity index (χ3v) is 5.82. The van der Waals surface area contributed by atoms with Gasteiger partial charge in [0.15, 0.2) is 0 Å². The number of Topliss-reactive ketones (excluding diaryl/α,β-unsaturated/α-hetero) is 1. The van der Waals surface area contributed by atoms with Crippen molar-refractivity contribution < 1.29 is 62.8 Å². The van der Waals surface area contributed by atoms with Crippen LogP contribution in [-0.4, -0.2) is 54.5 Å². The van der Waals surface area contributed by atoms with Crippen LogP contribution in [0.1, 0.15) is 52.4 Å². The van der Waals surface area contributed by atoms with Gasteiger partial charge >= 0.3 is 39.2 Å². The summed E-state index contributed by atoms with van der Waals surface area (Å²) >= 11 is 0. The third-order valence-electron chi connectivity index (χ3n) is 4.88. The van der Waals surface area contributed by atoms with E-state index in [1.165, 1.54) is 0 Å². The summed E-state index contributed by atoms with van der Waals surface area (Å²) in [5.41, 5.74) is 0. The van der Waals surface area contributed by atoms with Crippen molar-refractivity contribution in [3.63, 3.8) is 0 Å². The normalized spacial score (nSPS) is 19.0. The zero-order valence-corrected chi connectivity index (χ0v) is 17.9. The number of hydrogen-bond donors (Lipinski definition) is 1. The molecule has 0 saturated heterocycles. The van der Waals surface area contributed by atoms with Gasteiger partial charge in [-0.3, -0.25) is 14.1 Å². The second kappa shape index (κ2) is 9.79. The first-order valence-electron chi connectivity index (χ1n) is 9.50. The van der Waals surface area contributed by atoms with Gasteiger partial charge in [0, 0.05) is 12.3 Å². The Morgan fingerprint density at radius 2 is 1.50 bits per heavy atom. The summed E-state index contributed by atoms with van der Waals surface area (Å²) in [7, 11) is -6.63. The molecular weight excluding hydrogens is 481 g/mol. The largest absolute Gasteiger partial charge is 0.463 e. The van der Waals surface area contributed by atoms with E-state index in [-0.39, 0.29) is 12.8 Å². The molecule has 1 rings (SSSR count). The van der Waals surface area contributed by atoms with Crippen LogP contribution in [0.2, 0.25) is 0 Å². The summed E-state index contributed by atoms with van der Waals surface area (Å²) in [6, 6.07) is 0. The van der Waals surface area contributed by atoms with E-state index in [0.717, 1.165) is 13.8 Å². The van der Waals surface area contributed by atoms with Gasteiger partial charge in [-0.05, 0) is 12.8 Å². The molecule has 0 aromatic carbocycles. The van der Waals surface area contributed by atoms with Crippen LogP contribution in [0.25, 0.3) is 0 Å². The SMILES string of the molecule is CC(C)C(=O)C(OCCC(F)(F)C(F)(F)S(=O)(=O)O)(OC(=O)C1CCCCC1)C(F)(F)F. The van der Waals surface area contributed by atoms with Crippen molar-refractivity contribution in [3.8, 4) is 0 Å². The Morgan fingerprint density at radius 1 is 1.00 bits per heavy atom. The number of esters is 1. The smallest absolute Gasteiger partial charge is 0.416 e. The summed E-state index contributed by atoms with van der Waals surface area (Å²) in [5, 5.41) is -6.05. The first-order valence-corrected chi connectivity index (χ1v) is 10.9. The van der Waals surface area contributed by atoms with Gasteiger partial charge < -0.3 is 9.47 Å². The maximum atomic E-state index is 13.9. The number of halogens is 7. The van der Waals surface area contributed by atoms with Crippen LogP contribution in [-0.2, 0) is 29.2 Å². The van der Waals surface area contributed by atoms with Gasteiger partial charge in [-0.15, -0.1) is 0 Å². The molecule has 0 radical (unpaired) electrons. The lowest BCUT2D eigenvalue weighted by molar-refractivity contribution is -0.352. The fraction of sp³-hybridized carbons (Fsp3) is 0.882. The summed E-state index contributed by atoms with van der Waals surface area (Å²) in [6.07, 6.45) is -6.12. The Bertz CT molecular complexity index is 790. The van der Waals surface area contributed by atoms with E-state index in [2.05, 4.69) is 9.47 Å². The van der Waals surface area contributed by atoms with Gasteiger partial charge in [0.25, 0.3) is 0 Å². The van der Waals surface area contributed by atoms with Crippen LogP contribution in [0, 0.1) is 11.8 Å². The molecule has 1 aliphatic rings. The predicted octanol–water partition coefficient (Wildman–Crippen LogP) is 4.12. The summed E-state index contributed by atoms with van der Waals surface area (Å²) in [4.78, 5) is 24.7. The van der Waals surface area contributed by atoms with Crippen molar-refractivity contribution in [2.45, 2.75) is 75.5 Å². The van der Waals surface area contributed by atoms with E-state index in [0.29, 0.717) is 19.3 Å². The minimum atomic E-state index is -6.63. The van der Waals surface area contributed by atoms with Crippen molar-refractivity contribution in [1.82, 2.24) is 0 Å². The third kappa shape index (κ3) is 5.90. The van der Waals surface area contributed by atoms with Crippen LogP contribution < -0.4 is 0 Å². The highest BCUT2D eigenvalue weighted by atomic mass is 32.2. The molecule has 1 atom stereocenters. The maximum absolute atomic E-state index is 13.9. The first-order chi connectivity index (χ1) is 14.3. The number of hydrogen-bond acceptors (Lipinski definition) is 6. The Hall–Kier alpha value is -1.48. The average Bonchev–Trinajstić information content (AvgIpc) is 2.64. The van der Waals surface area contributed by atoms with Gasteiger partial charge in [-0.2, -0.15) is 39.2 Å². The van der Waals surface area contributed by atoms with Crippen molar-refractivity contribution in [1.29, 1.82) is 0 Å². The topological polar surface area (TPSA) is 107 Å². The van der Waals surface area contributed by atoms with Gasteiger partial charge in [0.05, 0.1) is 12.5 Å². The van der Waals surface area contributed by atoms with E-state index >= 15 is 0 Å². The van der Waals surface area contributed by atoms with E-state index < -0.39 is 69.9 Å². The molecule has 15 heteroatoms. The zero-order chi connectivity index (χ0) is 25.2. The Labute approximate surface area is 179 Å². The van der Waals surface area contributed by atoms with Crippen molar-refractivity contribution in [3.05, 3.63) is 0 Å². The van der Waals surface area contributed by atoms with E-state index in [1.807, 2.05) is 0 Å². The van der Waals surface area contributed by atoms with Gasteiger partial charge in [0.1, 0.15) is 0 Å². The Balaban J connectivity index is 3.23. The van der Waals surface area contributed by atoms with Crippen LogP contribution in [0.3, 0.4) is 0 Å². The van der Waals surface area contributed by atoms with Crippen LogP contribution in [0.4, 0.5) is 30.7 Å². The second-order valence-electron chi connectivity index (χ2n) is 7.68. The van der Waals surface area contributed by atoms with E-state index in [1.54, 1.807) is 0 Å². The highest BCUT2D eigenvalue weighted by Gasteiger charge is 2.68. The Morgan fingerprint density at radius 3 is 1.91 bits per heavy atom. The lowest BCUT2D eigenvalue weighted by atomic mass is 9.89. The predicted molar refractivity (Wildman–Crippen MR) is 93.3 cm³/mol. The molecule has 1 fully saturated rings. The zero-order valence-electron chi connectivity index (χ0n) is 17.1. The number of ketones is 1. The molecule has 32 heavy (non-hydrogen) atoms. The number of ether oxygens (including phenoxy) is 2. The van der Waals surface area contributed by atoms with E-state index in [4.69, 9.17) is 4.55 Å². The van der Waals surface area contributed by atoms with E-state index in [9.17, 15) is 48.7 Å². The summed E-state index contributed by atoms with van der Waals surface area (Å²) in [6.45, 7) is -0.0164. The molecule has 0 aromatic rings.